The molecule has 11 aromatic carbocycles. The summed E-state index contributed by atoms with van der Waals surface area (Å²) in [6.07, 6.45) is 20.8. The van der Waals surface area contributed by atoms with Crippen molar-refractivity contribution in [3.8, 4) is 0 Å². The van der Waals surface area contributed by atoms with Gasteiger partial charge in [0.15, 0.2) is 0 Å². The summed E-state index contributed by atoms with van der Waals surface area (Å²) < 4.78 is 0. The van der Waals surface area contributed by atoms with Gasteiger partial charge in [0.2, 0.25) is 6.71 Å². The van der Waals surface area contributed by atoms with Crippen molar-refractivity contribution in [2.45, 2.75) is 157 Å². The lowest BCUT2D eigenvalue weighted by atomic mass is 9.35. The van der Waals surface area contributed by atoms with E-state index in [9.17, 15) is 0 Å². The van der Waals surface area contributed by atoms with E-state index in [-0.39, 0.29) is 6.71 Å². The first kappa shape index (κ1) is 63.0. The first-order valence-electron chi connectivity index (χ1n) is 34.5. The van der Waals surface area contributed by atoms with Crippen LogP contribution in [0.4, 0.5) is 51.2 Å². The van der Waals surface area contributed by atoms with Gasteiger partial charge in [-0.3, -0.25) is 0 Å². The number of aryl methyl sites for hydroxylation is 6. The maximum atomic E-state index is 2.50. The molecule has 0 unspecified atom stereocenters. The van der Waals surface area contributed by atoms with Gasteiger partial charge in [-0.15, -0.1) is 0 Å². The Labute approximate surface area is 540 Å². The summed E-state index contributed by atoms with van der Waals surface area (Å²) in [6.45, 7) is 13.5. The molecule has 11 rings (SSSR count). The lowest BCUT2D eigenvalue weighted by Crippen LogP contribution is -2.52. The molecule has 0 saturated heterocycles. The fourth-order valence-corrected chi connectivity index (χ4v) is 13.3. The average molecular weight is 1180 g/mol. The van der Waals surface area contributed by atoms with E-state index in [1.807, 2.05) is 0 Å². The zero-order valence-corrected chi connectivity index (χ0v) is 54.7. The van der Waals surface area contributed by atoms with Gasteiger partial charge in [0, 0.05) is 50.6 Å². The molecular formula is C86H94BN3. The van der Waals surface area contributed by atoms with Crippen LogP contribution in [-0.2, 0) is 38.5 Å². The molecule has 0 N–H and O–H groups in total. The van der Waals surface area contributed by atoms with Crippen LogP contribution >= 0.6 is 0 Å². The Balaban J connectivity index is 1.10. The van der Waals surface area contributed by atoms with Gasteiger partial charge in [-0.1, -0.05) is 242 Å². The third-order valence-corrected chi connectivity index (χ3v) is 18.5. The fourth-order valence-electron chi connectivity index (χ4n) is 13.3. The van der Waals surface area contributed by atoms with Crippen molar-refractivity contribution >= 4 is 95.8 Å². The quantitative estimate of drug-likeness (QED) is 0.0416. The fraction of sp³-hybridized carbons (Fsp3) is 0.279. The maximum Gasteiger partial charge on any atom is 0.242 e. The number of benzene rings is 11. The molecule has 0 spiro atoms. The minimum Gasteiger partial charge on any atom is -0.311 e. The lowest BCUT2D eigenvalue weighted by Gasteiger charge is -2.30. The normalized spacial score (nSPS) is 11.4. The molecule has 456 valence electrons. The molecule has 0 aliphatic heterocycles. The highest BCUT2D eigenvalue weighted by Gasteiger charge is 2.30. The molecule has 0 amide bonds. The van der Waals surface area contributed by atoms with Gasteiger partial charge < -0.3 is 14.7 Å². The highest BCUT2D eigenvalue weighted by atomic mass is 15.2. The van der Waals surface area contributed by atoms with Gasteiger partial charge in [0.1, 0.15) is 0 Å². The van der Waals surface area contributed by atoms with E-state index in [4.69, 9.17) is 0 Å². The molecule has 0 bridgehead atoms. The standard InChI is InChI=1S/C86H94BN3/c1-7-13-23-65-33-47-72(48-34-65)88(73-49-35-66(36-50-73)24-14-8-2)74-59-45-71(46-60-74)87(83-61-63-85(81-31-21-19-29-79(81)83)89(75-51-37-67(38-52-75)25-15-9-3)76-53-39-68(40-54-76)26-16-10-4)84-62-64-86(82-32-22-20-30-80(82)84)90(77-55-41-69(42-56-77)27-17-11-5)78-57-43-70(44-58-78)28-18-12-6/h19-22,29-64H,7-18,23-28H2,1-6H3. The van der Waals surface area contributed by atoms with Gasteiger partial charge in [-0.2, -0.15) is 0 Å². The van der Waals surface area contributed by atoms with Crippen molar-refractivity contribution in [3.05, 3.63) is 276 Å². The largest absolute Gasteiger partial charge is 0.311 e. The average Bonchev–Trinajstić information content (AvgIpc) is 0.797. The van der Waals surface area contributed by atoms with Crippen LogP contribution in [0.15, 0.2) is 243 Å². The van der Waals surface area contributed by atoms with Gasteiger partial charge in [0.05, 0.1) is 11.4 Å². The van der Waals surface area contributed by atoms with E-state index >= 15 is 0 Å². The SMILES string of the molecule is CCCCc1ccc(N(c2ccc(CCCC)cc2)c2ccc(B(c3ccc(N(c4ccc(CCCC)cc4)c4ccc(CCCC)cc4)c4ccccc34)c3ccc(N(c4ccc(CCCC)cc4)c4ccc(CCCC)cc4)c4ccccc34)cc2)cc1. The molecule has 90 heavy (non-hydrogen) atoms. The van der Waals surface area contributed by atoms with Crippen molar-refractivity contribution in [1.82, 2.24) is 0 Å². The zero-order valence-electron chi connectivity index (χ0n) is 54.7. The summed E-state index contributed by atoms with van der Waals surface area (Å²) in [4.78, 5) is 7.44. The Bertz CT molecular complexity index is 3660. The molecule has 0 fully saturated rings. The Morgan fingerprint density at radius 3 is 0.689 bits per heavy atom. The third-order valence-electron chi connectivity index (χ3n) is 18.5. The van der Waals surface area contributed by atoms with E-state index in [0.29, 0.717) is 0 Å². The number of nitrogens with zero attached hydrogens (tertiary/aromatic N) is 3. The van der Waals surface area contributed by atoms with E-state index in [0.717, 1.165) is 78.3 Å². The first-order chi connectivity index (χ1) is 44.4. The van der Waals surface area contributed by atoms with Crippen molar-refractivity contribution in [2.24, 2.45) is 0 Å². The number of rotatable bonds is 30. The number of anilines is 9. The van der Waals surface area contributed by atoms with Gasteiger partial charge in [-0.05, 0) is 218 Å². The van der Waals surface area contributed by atoms with Crippen molar-refractivity contribution in [2.75, 3.05) is 14.7 Å². The lowest BCUT2D eigenvalue weighted by molar-refractivity contribution is 0.795. The Kier molecular flexibility index (Phi) is 21.9. The van der Waals surface area contributed by atoms with Crippen molar-refractivity contribution in [3.63, 3.8) is 0 Å². The summed E-state index contributed by atoms with van der Waals surface area (Å²) in [5.41, 5.74) is 22.5. The van der Waals surface area contributed by atoms with Crippen LogP contribution in [0.5, 0.6) is 0 Å². The summed E-state index contributed by atoms with van der Waals surface area (Å²) in [7, 11) is 0. The molecule has 0 heterocycles. The van der Waals surface area contributed by atoms with Crippen LogP contribution in [-0.4, -0.2) is 6.71 Å². The number of unbranched alkanes of at least 4 members (excludes halogenated alkanes) is 6. The molecule has 0 saturated carbocycles. The Hall–Kier alpha value is -8.60. The van der Waals surface area contributed by atoms with Crippen LogP contribution in [0.25, 0.3) is 21.5 Å². The summed E-state index contributed by atoms with van der Waals surface area (Å²) in [6, 6.07) is 93.8. The topological polar surface area (TPSA) is 9.72 Å². The minimum atomic E-state index is -0.144. The van der Waals surface area contributed by atoms with Crippen molar-refractivity contribution in [1.29, 1.82) is 0 Å². The summed E-state index contributed by atoms with van der Waals surface area (Å²) >= 11 is 0. The predicted octanol–water partition coefficient (Wildman–Crippen LogP) is 23.0. The predicted molar refractivity (Wildman–Crippen MR) is 395 cm³/mol. The highest BCUT2D eigenvalue weighted by Crippen LogP contribution is 2.42. The summed E-state index contributed by atoms with van der Waals surface area (Å²) in [5, 5.41) is 4.91. The smallest absolute Gasteiger partial charge is 0.242 e. The van der Waals surface area contributed by atoms with Crippen molar-refractivity contribution < 1.29 is 0 Å². The monoisotopic (exact) mass is 1180 g/mol. The highest BCUT2D eigenvalue weighted by molar-refractivity contribution is 6.98. The molecule has 0 aromatic heterocycles. The molecule has 0 aliphatic carbocycles. The van der Waals surface area contributed by atoms with E-state index < -0.39 is 0 Å². The van der Waals surface area contributed by atoms with E-state index in [2.05, 4.69) is 299 Å². The molecule has 0 aliphatic rings. The van der Waals surface area contributed by atoms with Crippen LogP contribution in [0, 0.1) is 0 Å². The molecule has 0 atom stereocenters. The van der Waals surface area contributed by atoms with Crippen LogP contribution in [0.2, 0.25) is 0 Å². The van der Waals surface area contributed by atoms with Crippen LogP contribution in [0.1, 0.15) is 152 Å². The Morgan fingerprint density at radius 2 is 0.444 bits per heavy atom. The second kappa shape index (κ2) is 31.2. The zero-order chi connectivity index (χ0) is 62.0. The molecule has 3 nitrogen and oxygen atoms in total. The molecular weight excluding hydrogens is 1090 g/mol. The third kappa shape index (κ3) is 14.8. The van der Waals surface area contributed by atoms with E-state index in [1.54, 1.807) is 0 Å². The number of hydrogen-bond donors (Lipinski definition) is 0. The number of hydrogen-bond acceptors (Lipinski definition) is 3. The minimum absolute atomic E-state index is 0.144. The van der Waals surface area contributed by atoms with Crippen LogP contribution in [0.3, 0.4) is 0 Å². The van der Waals surface area contributed by atoms with Gasteiger partial charge >= 0.3 is 0 Å². The first-order valence-corrected chi connectivity index (χ1v) is 34.5. The van der Waals surface area contributed by atoms with Gasteiger partial charge in [-0.25, -0.2) is 0 Å². The molecule has 11 aromatic rings. The summed E-state index contributed by atoms with van der Waals surface area (Å²) in [5.74, 6) is 0. The Morgan fingerprint density at radius 1 is 0.222 bits per heavy atom. The molecule has 0 radical (unpaired) electrons. The van der Waals surface area contributed by atoms with Gasteiger partial charge in [0.25, 0.3) is 0 Å². The number of fused-ring (bicyclic) bond motifs is 2. The molecule has 4 heteroatoms. The second-order valence-electron chi connectivity index (χ2n) is 25.1. The van der Waals surface area contributed by atoms with E-state index in [1.165, 1.54) is 160 Å². The second-order valence-corrected chi connectivity index (χ2v) is 25.1. The maximum absolute atomic E-state index is 2.50. The van der Waals surface area contributed by atoms with Crippen LogP contribution < -0.4 is 31.1 Å².